The lowest BCUT2D eigenvalue weighted by atomic mass is 10.0. The van der Waals surface area contributed by atoms with Crippen LogP contribution in [0.1, 0.15) is 54.3 Å². The molecular formula is C16H21NO3. The molecule has 4 nitrogen and oxygen atoms in total. The number of aromatic nitrogens is 1. The molecule has 0 aliphatic carbocycles. The first kappa shape index (κ1) is 14.6. The van der Waals surface area contributed by atoms with Gasteiger partial charge in [0.25, 0.3) is 0 Å². The number of hydrogen-bond acceptors (Lipinski definition) is 2. The molecule has 0 fully saturated rings. The summed E-state index contributed by atoms with van der Waals surface area (Å²) >= 11 is 0. The van der Waals surface area contributed by atoms with E-state index >= 15 is 0 Å². The molecule has 108 valence electrons. The zero-order valence-corrected chi connectivity index (χ0v) is 12.2. The minimum Gasteiger partial charge on any atom is -0.478 e. The summed E-state index contributed by atoms with van der Waals surface area (Å²) in [5.74, 6) is -0.911. The Balaban J connectivity index is 2.67. The van der Waals surface area contributed by atoms with E-state index in [9.17, 15) is 15.0 Å². The maximum atomic E-state index is 11.3. The van der Waals surface area contributed by atoms with Crippen molar-refractivity contribution in [2.75, 3.05) is 0 Å². The van der Waals surface area contributed by atoms with Crippen LogP contribution in [0.4, 0.5) is 0 Å². The fourth-order valence-corrected chi connectivity index (χ4v) is 2.55. The van der Waals surface area contributed by atoms with Gasteiger partial charge in [0.1, 0.15) is 0 Å². The molecule has 1 aromatic carbocycles. The summed E-state index contributed by atoms with van der Waals surface area (Å²) in [7, 11) is 0. The summed E-state index contributed by atoms with van der Waals surface area (Å²) in [4.78, 5) is 11.3. The van der Waals surface area contributed by atoms with Crippen molar-refractivity contribution in [1.82, 2.24) is 4.57 Å². The van der Waals surface area contributed by atoms with Crippen LogP contribution in [0.25, 0.3) is 10.9 Å². The molecule has 2 rings (SSSR count). The van der Waals surface area contributed by atoms with E-state index in [1.165, 1.54) is 0 Å². The Morgan fingerprint density at radius 1 is 1.40 bits per heavy atom. The largest absolute Gasteiger partial charge is 0.478 e. The minimum atomic E-state index is -0.911. The third-order valence-corrected chi connectivity index (χ3v) is 3.69. The van der Waals surface area contributed by atoms with Crippen LogP contribution in [0.3, 0.4) is 0 Å². The molecule has 0 aliphatic heterocycles. The number of aromatic carboxylic acids is 1. The predicted octanol–water partition coefficient (Wildman–Crippen LogP) is 3.50. The lowest BCUT2D eigenvalue weighted by molar-refractivity contribution is 0.0696. The monoisotopic (exact) mass is 275 g/mol. The number of hydrogen-bond donors (Lipinski definition) is 2. The lowest BCUT2D eigenvalue weighted by Gasteiger charge is -2.07. The van der Waals surface area contributed by atoms with Crippen molar-refractivity contribution in [2.45, 2.75) is 46.3 Å². The van der Waals surface area contributed by atoms with Gasteiger partial charge in [0.05, 0.1) is 11.7 Å². The summed E-state index contributed by atoms with van der Waals surface area (Å²) in [5, 5.41) is 20.1. The molecule has 0 aliphatic rings. The molecule has 1 atom stereocenters. The highest BCUT2D eigenvalue weighted by Gasteiger charge is 2.16. The summed E-state index contributed by atoms with van der Waals surface area (Å²) in [5.41, 5.74) is 2.79. The molecule has 0 saturated heterocycles. The van der Waals surface area contributed by atoms with Gasteiger partial charge < -0.3 is 14.8 Å². The van der Waals surface area contributed by atoms with Gasteiger partial charge in [-0.15, -0.1) is 0 Å². The number of benzene rings is 1. The molecule has 1 aromatic heterocycles. The van der Waals surface area contributed by atoms with Gasteiger partial charge in [0.15, 0.2) is 0 Å². The number of carboxylic acids is 1. The first-order valence-corrected chi connectivity index (χ1v) is 7.00. The summed E-state index contributed by atoms with van der Waals surface area (Å²) in [6, 6.07) is 3.58. The van der Waals surface area contributed by atoms with Crippen molar-refractivity contribution in [1.29, 1.82) is 0 Å². The molecule has 1 heterocycles. The molecule has 0 spiro atoms. The average molecular weight is 275 g/mol. The first-order chi connectivity index (χ1) is 9.45. The van der Waals surface area contributed by atoms with Crippen LogP contribution in [0.5, 0.6) is 0 Å². The van der Waals surface area contributed by atoms with E-state index in [-0.39, 0.29) is 0 Å². The van der Waals surface area contributed by atoms with Crippen molar-refractivity contribution >= 4 is 16.9 Å². The second-order valence-electron chi connectivity index (χ2n) is 5.30. The van der Waals surface area contributed by atoms with Crippen LogP contribution in [0.15, 0.2) is 18.3 Å². The van der Waals surface area contributed by atoms with E-state index in [0.29, 0.717) is 5.56 Å². The molecule has 0 amide bonds. The summed E-state index contributed by atoms with van der Waals surface area (Å²) < 4.78 is 2.05. The van der Waals surface area contributed by atoms with Gasteiger partial charge >= 0.3 is 5.97 Å². The van der Waals surface area contributed by atoms with Gasteiger partial charge in [0.2, 0.25) is 0 Å². The van der Waals surface area contributed by atoms with Crippen LogP contribution < -0.4 is 0 Å². The fraction of sp³-hybridized carbons (Fsp3) is 0.438. The highest BCUT2D eigenvalue weighted by atomic mass is 16.4. The van der Waals surface area contributed by atoms with E-state index in [2.05, 4.69) is 6.92 Å². The number of carboxylic acid groups (broad SMARTS) is 1. The predicted molar refractivity (Wildman–Crippen MR) is 79.2 cm³/mol. The van der Waals surface area contributed by atoms with Gasteiger partial charge in [-0.1, -0.05) is 13.3 Å². The van der Waals surface area contributed by atoms with Crippen LogP contribution in [0, 0.1) is 6.92 Å². The van der Waals surface area contributed by atoms with E-state index in [1.807, 2.05) is 16.8 Å². The molecule has 20 heavy (non-hydrogen) atoms. The smallest absolute Gasteiger partial charge is 0.336 e. The average Bonchev–Trinajstić information content (AvgIpc) is 2.73. The number of nitrogens with zero attached hydrogens (tertiary/aromatic N) is 1. The lowest BCUT2D eigenvalue weighted by Crippen LogP contribution is -2.01. The summed E-state index contributed by atoms with van der Waals surface area (Å²) in [6.07, 6.45) is 3.48. The SMILES string of the molecule is CCCCn1cc(C(C)O)c2cc(C)c(C(=O)O)cc21. The second-order valence-corrected chi connectivity index (χ2v) is 5.30. The maximum Gasteiger partial charge on any atom is 0.336 e. The van der Waals surface area contributed by atoms with Crippen LogP contribution >= 0.6 is 0 Å². The molecule has 0 saturated carbocycles. The normalized spacial score (nSPS) is 12.8. The number of aliphatic hydroxyl groups excluding tert-OH is 1. The Morgan fingerprint density at radius 3 is 2.65 bits per heavy atom. The topological polar surface area (TPSA) is 62.5 Å². The van der Waals surface area contributed by atoms with Crippen molar-refractivity contribution in [3.8, 4) is 0 Å². The number of fused-ring (bicyclic) bond motifs is 1. The van der Waals surface area contributed by atoms with Gasteiger partial charge in [-0.25, -0.2) is 4.79 Å². The molecular weight excluding hydrogens is 254 g/mol. The van der Waals surface area contributed by atoms with E-state index in [4.69, 9.17) is 0 Å². The fourth-order valence-electron chi connectivity index (χ4n) is 2.55. The highest BCUT2D eigenvalue weighted by Crippen LogP contribution is 2.29. The number of carbonyl (C=O) groups is 1. The first-order valence-electron chi connectivity index (χ1n) is 7.00. The maximum absolute atomic E-state index is 11.3. The van der Waals surface area contributed by atoms with Crippen LogP contribution in [-0.4, -0.2) is 20.7 Å². The van der Waals surface area contributed by atoms with E-state index in [0.717, 1.165) is 41.4 Å². The quantitative estimate of drug-likeness (QED) is 0.877. The molecule has 0 radical (unpaired) electrons. The van der Waals surface area contributed by atoms with Crippen molar-refractivity contribution in [3.63, 3.8) is 0 Å². The molecule has 4 heteroatoms. The molecule has 2 aromatic rings. The Morgan fingerprint density at radius 2 is 2.10 bits per heavy atom. The van der Waals surface area contributed by atoms with Gasteiger partial charge in [0, 0.05) is 29.2 Å². The summed E-state index contributed by atoms with van der Waals surface area (Å²) in [6.45, 7) is 6.48. The van der Waals surface area contributed by atoms with Gasteiger partial charge in [-0.2, -0.15) is 0 Å². The van der Waals surface area contributed by atoms with Crippen molar-refractivity contribution in [3.05, 3.63) is 35.0 Å². The number of aliphatic hydroxyl groups is 1. The Hall–Kier alpha value is -1.81. The highest BCUT2D eigenvalue weighted by molar-refractivity contribution is 5.96. The number of unbranched alkanes of at least 4 members (excludes halogenated alkanes) is 1. The van der Waals surface area contributed by atoms with E-state index in [1.54, 1.807) is 19.9 Å². The van der Waals surface area contributed by atoms with Crippen molar-refractivity contribution in [2.24, 2.45) is 0 Å². The van der Waals surface area contributed by atoms with E-state index < -0.39 is 12.1 Å². The zero-order valence-electron chi connectivity index (χ0n) is 12.2. The number of rotatable bonds is 5. The van der Waals surface area contributed by atoms with Crippen LogP contribution in [-0.2, 0) is 6.54 Å². The van der Waals surface area contributed by atoms with Gasteiger partial charge in [-0.3, -0.25) is 0 Å². The molecule has 0 bridgehead atoms. The van der Waals surface area contributed by atoms with Crippen LogP contribution in [0.2, 0.25) is 0 Å². The third-order valence-electron chi connectivity index (χ3n) is 3.69. The number of aryl methyl sites for hydroxylation is 2. The Labute approximate surface area is 118 Å². The standard InChI is InChI=1S/C16H21NO3/c1-4-5-6-17-9-14(11(3)18)13-7-10(2)12(16(19)20)8-15(13)17/h7-9,11,18H,4-6H2,1-3H3,(H,19,20). The Kier molecular flexibility index (Phi) is 4.14. The second kappa shape index (κ2) is 5.67. The van der Waals surface area contributed by atoms with Gasteiger partial charge in [-0.05, 0) is 38.0 Å². The molecule has 2 N–H and O–H groups in total. The zero-order chi connectivity index (χ0) is 14.9. The minimum absolute atomic E-state index is 0.325. The van der Waals surface area contributed by atoms with Crippen molar-refractivity contribution < 1.29 is 15.0 Å². The molecule has 1 unspecified atom stereocenters. The third kappa shape index (κ3) is 2.56. The Bertz CT molecular complexity index is 641.